The van der Waals surface area contributed by atoms with E-state index in [1.54, 1.807) is 12.1 Å². The van der Waals surface area contributed by atoms with E-state index in [0.29, 0.717) is 11.8 Å². The Bertz CT molecular complexity index is 456. The van der Waals surface area contributed by atoms with Gasteiger partial charge >= 0.3 is 5.69 Å². The summed E-state index contributed by atoms with van der Waals surface area (Å²) in [6.45, 7) is 4.99. The number of hydrogen-bond acceptors (Lipinski definition) is 4. The summed E-state index contributed by atoms with van der Waals surface area (Å²) in [6, 6.07) is 5.59. The van der Waals surface area contributed by atoms with Crippen molar-refractivity contribution in [2.75, 3.05) is 6.54 Å². The van der Waals surface area contributed by atoms with Gasteiger partial charge in [0.25, 0.3) is 0 Å². The zero-order chi connectivity index (χ0) is 13.8. The Hall–Kier alpha value is -1.62. The van der Waals surface area contributed by atoms with Crippen LogP contribution in [0.5, 0.6) is 5.75 Å². The first-order valence-electron chi connectivity index (χ1n) is 6.75. The fourth-order valence-corrected chi connectivity index (χ4v) is 2.23. The second-order valence-electron chi connectivity index (χ2n) is 5.09. The Labute approximate surface area is 113 Å². The Kier molecular flexibility index (Phi) is 4.37. The molecule has 0 saturated heterocycles. The van der Waals surface area contributed by atoms with Gasteiger partial charge in [0.05, 0.1) is 4.92 Å². The second-order valence-corrected chi connectivity index (χ2v) is 5.09. The lowest BCUT2D eigenvalue weighted by Gasteiger charge is -2.35. The molecule has 19 heavy (non-hydrogen) atoms. The quantitative estimate of drug-likeness (QED) is 0.634. The topological polar surface area (TPSA) is 64.4 Å². The lowest BCUT2D eigenvalue weighted by molar-refractivity contribution is -0.386. The summed E-state index contributed by atoms with van der Waals surface area (Å²) in [7, 11) is 0. The molecule has 1 aromatic carbocycles. The van der Waals surface area contributed by atoms with Crippen molar-refractivity contribution >= 4 is 5.69 Å². The van der Waals surface area contributed by atoms with Crippen molar-refractivity contribution in [3.63, 3.8) is 0 Å². The number of nitrogens with one attached hydrogen (secondary N) is 1. The molecular formula is C14H20N2O3. The van der Waals surface area contributed by atoms with Gasteiger partial charge in [-0.05, 0) is 44.4 Å². The summed E-state index contributed by atoms with van der Waals surface area (Å²) in [6.07, 6.45) is 3.05. The number of nitro benzene ring substituents is 1. The second kappa shape index (κ2) is 6.02. The van der Waals surface area contributed by atoms with Gasteiger partial charge in [-0.1, -0.05) is 13.0 Å². The number of hydrogen-bond donors (Lipinski definition) is 1. The molecule has 1 aromatic rings. The van der Waals surface area contributed by atoms with Gasteiger partial charge in [-0.3, -0.25) is 10.1 Å². The highest BCUT2D eigenvalue weighted by atomic mass is 16.6. The Morgan fingerprint density at radius 3 is 2.84 bits per heavy atom. The molecule has 1 fully saturated rings. The van der Waals surface area contributed by atoms with E-state index < -0.39 is 0 Å². The van der Waals surface area contributed by atoms with Gasteiger partial charge in [-0.2, -0.15) is 0 Å². The Morgan fingerprint density at radius 1 is 1.47 bits per heavy atom. The number of nitro groups is 1. The highest BCUT2D eigenvalue weighted by Gasteiger charge is 2.31. The van der Waals surface area contributed by atoms with E-state index in [4.69, 9.17) is 4.74 Å². The van der Waals surface area contributed by atoms with Crippen LogP contribution in [-0.2, 0) is 0 Å². The summed E-state index contributed by atoms with van der Waals surface area (Å²) in [4.78, 5) is 10.6. The fraction of sp³-hybridized carbons (Fsp3) is 0.571. The van der Waals surface area contributed by atoms with E-state index in [9.17, 15) is 10.1 Å². The Morgan fingerprint density at radius 2 is 2.21 bits per heavy atom. The monoisotopic (exact) mass is 264 g/mol. The summed E-state index contributed by atoms with van der Waals surface area (Å²) >= 11 is 0. The third-order valence-corrected chi connectivity index (χ3v) is 3.38. The number of nitrogens with zero attached hydrogens (tertiary/aromatic N) is 1. The normalized spacial score (nSPS) is 21.8. The smallest absolute Gasteiger partial charge is 0.311 e. The molecule has 5 heteroatoms. The van der Waals surface area contributed by atoms with Crippen LogP contribution < -0.4 is 10.1 Å². The van der Waals surface area contributed by atoms with Crippen LogP contribution in [0, 0.1) is 17.0 Å². The minimum Gasteiger partial charge on any atom is -0.483 e. The van der Waals surface area contributed by atoms with Crippen LogP contribution in [0.1, 0.15) is 31.7 Å². The molecule has 0 amide bonds. The molecular weight excluding hydrogens is 244 g/mol. The molecule has 0 unspecified atom stereocenters. The molecule has 1 aliphatic carbocycles. The van der Waals surface area contributed by atoms with E-state index >= 15 is 0 Å². The highest BCUT2D eigenvalue weighted by molar-refractivity contribution is 5.48. The van der Waals surface area contributed by atoms with Crippen LogP contribution >= 0.6 is 0 Å². The lowest BCUT2D eigenvalue weighted by atomic mass is 9.89. The maximum absolute atomic E-state index is 11.0. The largest absolute Gasteiger partial charge is 0.483 e. The van der Waals surface area contributed by atoms with Crippen molar-refractivity contribution in [1.29, 1.82) is 0 Å². The van der Waals surface area contributed by atoms with Crippen LogP contribution in [0.15, 0.2) is 18.2 Å². The molecule has 2 rings (SSSR count). The van der Waals surface area contributed by atoms with Crippen molar-refractivity contribution in [3.8, 4) is 5.75 Å². The zero-order valence-corrected chi connectivity index (χ0v) is 11.4. The molecule has 0 aromatic heterocycles. The molecule has 0 aliphatic heterocycles. The van der Waals surface area contributed by atoms with Crippen LogP contribution in [-0.4, -0.2) is 23.6 Å². The van der Waals surface area contributed by atoms with Gasteiger partial charge in [-0.15, -0.1) is 0 Å². The lowest BCUT2D eigenvalue weighted by Crippen LogP contribution is -2.47. The standard InChI is InChI=1S/C14H20N2O3/c1-3-6-15-11-8-12(9-11)19-14-5-4-10(2)7-13(14)16(17)18/h4-5,7,11-12,15H,3,6,8-9H2,1-2H3. The van der Waals surface area contributed by atoms with Crippen molar-refractivity contribution in [1.82, 2.24) is 5.32 Å². The molecule has 5 nitrogen and oxygen atoms in total. The minimum absolute atomic E-state index is 0.0602. The van der Waals surface area contributed by atoms with E-state index in [1.165, 1.54) is 0 Å². The molecule has 0 bridgehead atoms. The van der Waals surface area contributed by atoms with Gasteiger partial charge < -0.3 is 10.1 Å². The average molecular weight is 264 g/mol. The van der Waals surface area contributed by atoms with Gasteiger partial charge in [0, 0.05) is 12.1 Å². The third-order valence-electron chi connectivity index (χ3n) is 3.38. The van der Waals surface area contributed by atoms with Crippen LogP contribution in [0.4, 0.5) is 5.69 Å². The van der Waals surface area contributed by atoms with E-state index in [0.717, 1.165) is 31.4 Å². The summed E-state index contributed by atoms with van der Waals surface area (Å²) in [5.74, 6) is 0.384. The maximum atomic E-state index is 11.0. The predicted octanol–water partition coefficient (Wildman–Crippen LogP) is 2.81. The molecule has 0 radical (unpaired) electrons. The van der Waals surface area contributed by atoms with Crippen LogP contribution in [0.25, 0.3) is 0 Å². The Balaban J connectivity index is 1.92. The molecule has 0 atom stereocenters. The molecule has 1 aliphatic rings. The minimum atomic E-state index is -0.381. The summed E-state index contributed by atoms with van der Waals surface area (Å²) in [5, 5.41) is 14.4. The van der Waals surface area contributed by atoms with Crippen molar-refractivity contribution in [3.05, 3.63) is 33.9 Å². The first-order valence-corrected chi connectivity index (χ1v) is 6.75. The number of aryl methyl sites for hydroxylation is 1. The fourth-order valence-electron chi connectivity index (χ4n) is 2.23. The zero-order valence-electron chi connectivity index (χ0n) is 11.4. The van der Waals surface area contributed by atoms with E-state index in [1.807, 2.05) is 13.0 Å². The third kappa shape index (κ3) is 3.44. The number of rotatable bonds is 6. The molecule has 104 valence electrons. The van der Waals surface area contributed by atoms with Gasteiger partial charge in [0.2, 0.25) is 0 Å². The van der Waals surface area contributed by atoms with E-state index in [2.05, 4.69) is 12.2 Å². The highest BCUT2D eigenvalue weighted by Crippen LogP contribution is 2.32. The van der Waals surface area contributed by atoms with Crippen molar-refractivity contribution in [2.24, 2.45) is 0 Å². The van der Waals surface area contributed by atoms with Gasteiger partial charge in [0.1, 0.15) is 6.10 Å². The first kappa shape index (κ1) is 13.8. The molecule has 0 heterocycles. The number of ether oxygens (including phenoxy) is 1. The SMILES string of the molecule is CCCNC1CC(Oc2ccc(C)cc2[N+](=O)[O-])C1. The van der Waals surface area contributed by atoms with E-state index in [-0.39, 0.29) is 16.7 Å². The summed E-state index contributed by atoms with van der Waals surface area (Å²) < 4.78 is 5.73. The maximum Gasteiger partial charge on any atom is 0.311 e. The predicted molar refractivity (Wildman–Crippen MR) is 73.6 cm³/mol. The van der Waals surface area contributed by atoms with Crippen molar-refractivity contribution in [2.45, 2.75) is 45.3 Å². The van der Waals surface area contributed by atoms with Gasteiger partial charge in [-0.25, -0.2) is 0 Å². The van der Waals surface area contributed by atoms with Crippen LogP contribution in [0.2, 0.25) is 0 Å². The molecule has 1 N–H and O–H groups in total. The first-order chi connectivity index (χ1) is 9.10. The molecule has 1 saturated carbocycles. The van der Waals surface area contributed by atoms with Crippen molar-refractivity contribution < 1.29 is 9.66 Å². The molecule has 0 spiro atoms. The average Bonchev–Trinajstić information content (AvgIpc) is 2.33. The van der Waals surface area contributed by atoms with Gasteiger partial charge in [0.15, 0.2) is 5.75 Å². The van der Waals surface area contributed by atoms with Crippen LogP contribution in [0.3, 0.4) is 0 Å². The summed E-state index contributed by atoms with van der Waals surface area (Å²) in [5.41, 5.74) is 0.931. The number of benzene rings is 1.